The van der Waals surface area contributed by atoms with Gasteiger partial charge in [0.15, 0.2) is 5.13 Å². The van der Waals surface area contributed by atoms with Crippen molar-refractivity contribution in [3.05, 3.63) is 61.9 Å². The molecule has 0 unspecified atom stereocenters. The van der Waals surface area contributed by atoms with E-state index in [1.165, 1.54) is 21.7 Å². The third kappa shape index (κ3) is 4.43. The largest absolute Gasteiger partial charge is 0.345 e. The third-order valence-electron chi connectivity index (χ3n) is 4.69. The maximum absolute atomic E-state index is 13.0. The van der Waals surface area contributed by atoms with Crippen molar-refractivity contribution in [2.45, 2.75) is 4.90 Å². The van der Waals surface area contributed by atoms with E-state index in [9.17, 15) is 8.42 Å². The molecule has 0 bridgehead atoms. The van der Waals surface area contributed by atoms with E-state index < -0.39 is 10.0 Å². The molecule has 2 aromatic carbocycles. The summed E-state index contributed by atoms with van der Waals surface area (Å²) >= 11 is 25.8. The van der Waals surface area contributed by atoms with Crippen LogP contribution in [0.2, 0.25) is 20.1 Å². The lowest BCUT2D eigenvalue weighted by Crippen LogP contribution is -2.48. The Balaban J connectivity index is 1.49. The van der Waals surface area contributed by atoms with Gasteiger partial charge in [-0.1, -0.05) is 52.5 Å². The molecule has 0 radical (unpaired) electrons. The Hall–Kier alpha value is -1.06. The molecule has 11 heteroatoms. The van der Waals surface area contributed by atoms with E-state index in [0.717, 1.165) is 16.4 Å². The van der Waals surface area contributed by atoms with Gasteiger partial charge in [-0.25, -0.2) is 13.4 Å². The number of halogens is 4. The highest BCUT2D eigenvalue weighted by atomic mass is 35.5. The molecule has 1 aromatic heterocycles. The molecule has 4 rings (SSSR count). The summed E-state index contributed by atoms with van der Waals surface area (Å²) < 4.78 is 27.4. The molecule has 0 spiro atoms. The summed E-state index contributed by atoms with van der Waals surface area (Å²) in [6, 6.07) is 9.91. The summed E-state index contributed by atoms with van der Waals surface area (Å²) in [6.07, 6.45) is 0. The van der Waals surface area contributed by atoms with Gasteiger partial charge in [0.05, 0.1) is 15.7 Å². The van der Waals surface area contributed by atoms with Crippen LogP contribution in [0.1, 0.15) is 0 Å². The van der Waals surface area contributed by atoms with Crippen LogP contribution in [0.4, 0.5) is 5.13 Å². The quantitative estimate of drug-likeness (QED) is 0.425. The predicted molar refractivity (Wildman–Crippen MR) is 125 cm³/mol. The van der Waals surface area contributed by atoms with Crippen molar-refractivity contribution >= 4 is 72.9 Å². The second kappa shape index (κ2) is 8.82. The average Bonchev–Trinajstić information content (AvgIpc) is 3.20. The number of hydrogen-bond donors (Lipinski definition) is 0. The van der Waals surface area contributed by atoms with Crippen LogP contribution in [0.15, 0.2) is 46.7 Å². The minimum atomic E-state index is -3.72. The van der Waals surface area contributed by atoms with Crippen LogP contribution in [-0.4, -0.2) is 43.9 Å². The van der Waals surface area contributed by atoms with Gasteiger partial charge in [-0.05, 0) is 30.3 Å². The van der Waals surface area contributed by atoms with Gasteiger partial charge in [0.1, 0.15) is 4.90 Å². The summed E-state index contributed by atoms with van der Waals surface area (Å²) in [4.78, 5) is 6.77. The molecular weight excluding hydrogens is 508 g/mol. The van der Waals surface area contributed by atoms with Crippen molar-refractivity contribution in [1.82, 2.24) is 9.29 Å². The molecule has 0 saturated carbocycles. The Morgan fingerprint density at radius 3 is 2.27 bits per heavy atom. The Bertz CT molecular complexity index is 1170. The van der Waals surface area contributed by atoms with Gasteiger partial charge in [0.25, 0.3) is 0 Å². The van der Waals surface area contributed by atoms with Crippen molar-refractivity contribution in [2.75, 3.05) is 31.1 Å². The monoisotopic (exact) mass is 521 g/mol. The Morgan fingerprint density at radius 2 is 1.60 bits per heavy atom. The lowest BCUT2D eigenvalue weighted by molar-refractivity contribution is 0.385. The van der Waals surface area contributed by atoms with Crippen molar-refractivity contribution in [3.8, 4) is 11.3 Å². The van der Waals surface area contributed by atoms with E-state index in [0.29, 0.717) is 36.2 Å². The second-order valence-corrected chi connectivity index (χ2v) is 11.0. The summed E-state index contributed by atoms with van der Waals surface area (Å²) in [6.45, 7) is 1.67. The Kier molecular flexibility index (Phi) is 6.51. The van der Waals surface area contributed by atoms with Crippen molar-refractivity contribution in [3.63, 3.8) is 0 Å². The first kappa shape index (κ1) is 22.1. The minimum absolute atomic E-state index is 0.0273. The molecule has 158 valence electrons. The first-order valence-corrected chi connectivity index (χ1v) is 12.7. The Morgan fingerprint density at radius 1 is 0.933 bits per heavy atom. The van der Waals surface area contributed by atoms with Gasteiger partial charge in [-0.3, -0.25) is 0 Å². The fourth-order valence-electron chi connectivity index (χ4n) is 3.19. The topological polar surface area (TPSA) is 53.5 Å². The number of sulfonamides is 1. The molecular formula is C19H15Cl4N3O2S2. The highest BCUT2D eigenvalue weighted by Crippen LogP contribution is 2.33. The second-order valence-electron chi connectivity index (χ2n) is 6.62. The number of thiazole rings is 1. The lowest BCUT2D eigenvalue weighted by Gasteiger charge is -2.34. The van der Waals surface area contributed by atoms with Crippen LogP contribution in [0.25, 0.3) is 11.3 Å². The van der Waals surface area contributed by atoms with Gasteiger partial charge in [-0.15, -0.1) is 11.3 Å². The summed E-state index contributed by atoms with van der Waals surface area (Å²) in [5.41, 5.74) is 1.62. The Labute approximate surface area is 198 Å². The van der Waals surface area contributed by atoms with E-state index in [1.54, 1.807) is 18.2 Å². The molecule has 3 aromatic rings. The highest BCUT2D eigenvalue weighted by Gasteiger charge is 2.31. The number of rotatable bonds is 4. The number of piperazine rings is 1. The van der Waals surface area contributed by atoms with Crippen LogP contribution < -0.4 is 4.90 Å². The van der Waals surface area contributed by atoms with Crippen LogP contribution in [0.3, 0.4) is 0 Å². The molecule has 0 atom stereocenters. The lowest BCUT2D eigenvalue weighted by atomic mass is 10.2. The average molecular weight is 523 g/mol. The number of anilines is 1. The minimum Gasteiger partial charge on any atom is -0.345 e. The van der Waals surface area contributed by atoms with Crippen LogP contribution in [-0.2, 0) is 10.0 Å². The maximum atomic E-state index is 13.0. The van der Waals surface area contributed by atoms with E-state index in [-0.39, 0.29) is 14.9 Å². The predicted octanol–water partition coefficient (Wildman–Crippen LogP) is 5.93. The van der Waals surface area contributed by atoms with E-state index >= 15 is 0 Å². The highest BCUT2D eigenvalue weighted by molar-refractivity contribution is 7.89. The summed E-state index contributed by atoms with van der Waals surface area (Å²) in [5, 5.41) is 4.11. The van der Waals surface area contributed by atoms with Gasteiger partial charge >= 0.3 is 0 Å². The van der Waals surface area contributed by atoms with E-state index in [2.05, 4.69) is 9.88 Å². The van der Waals surface area contributed by atoms with Gasteiger partial charge in [0.2, 0.25) is 10.0 Å². The van der Waals surface area contributed by atoms with Crippen LogP contribution in [0.5, 0.6) is 0 Å². The SMILES string of the molecule is O=S(=O)(c1cccc(Cl)c1Cl)N1CCN(c2nc(-c3cc(Cl)cc(Cl)c3)cs2)CC1. The first-order chi connectivity index (χ1) is 14.3. The molecule has 1 aliphatic rings. The fraction of sp³-hybridized carbons (Fsp3) is 0.211. The van der Waals surface area contributed by atoms with Crippen molar-refractivity contribution in [1.29, 1.82) is 0 Å². The smallest absolute Gasteiger partial charge is 0.244 e. The third-order valence-corrected chi connectivity index (χ3v) is 8.90. The standard InChI is InChI=1S/C19H15Cl4N3O2S2/c20-13-8-12(9-14(21)10-13)16-11-29-19(24-16)25-4-6-26(7-5-25)30(27,28)17-3-1-2-15(22)18(17)23/h1-3,8-11H,4-7H2. The molecule has 0 N–H and O–H groups in total. The summed E-state index contributed by atoms with van der Waals surface area (Å²) in [5.74, 6) is 0. The molecule has 1 fully saturated rings. The normalized spacial score (nSPS) is 15.5. The first-order valence-electron chi connectivity index (χ1n) is 8.87. The zero-order valence-corrected chi connectivity index (χ0v) is 20.0. The van der Waals surface area contributed by atoms with Gasteiger partial charge in [0, 0.05) is 47.2 Å². The van der Waals surface area contributed by atoms with Gasteiger partial charge < -0.3 is 4.90 Å². The fourth-order valence-corrected chi connectivity index (χ4v) is 6.76. The molecule has 0 aliphatic carbocycles. The zero-order chi connectivity index (χ0) is 21.5. The van der Waals surface area contributed by atoms with E-state index in [4.69, 9.17) is 46.4 Å². The summed E-state index contributed by atoms with van der Waals surface area (Å²) in [7, 11) is -3.72. The number of benzene rings is 2. The molecule has 5 nitrogen and oxygen atoms in total. The molecule has 0 amide bonds. The number of hydrogen-bond acceptors (Lipinski definition) is 5. The molecule has 2 heterocycles. The van der Waals surface area contributed by atoms with Crippen molar-refractivity contribution < 1.29 is 8.42 Å². The van der Waals surface area contributed by atoms with E-state index in [1.807, 2.05) is 17.5 Å². The number of aromatic nitrogens is 1. The molecule has 1 saturated heterocycles. The maximum Gasteiger partial charge on any atom is 0.244 e. The number of nitrogens with zero attached hydrogens (tertiary/aromatic N) is 3. The van der Waals surface area contributed by atoms with Crippen LogP contribution in [0, 0.1) is 0 Å². The van der Waals surface area contributed by atoms with Crippen molar-refractivity contribution in [2.24, 2.45) is 0 Å². The molecule has 1 aliphatic heterocycles. The molecule has 30 heavy (non-hydrogen) atoms. The van der Waals surface area contributed by atoms with Crippen LogP contribution >= 0.6 is 57.7 Å². The van der Waals surface area contributed by atoms with Gasteiger partial charge in [-0.2, -0.15) is 4.31 Å². The zero-order valence-electron chi connectivity index (χ0n) is 15.4.